The summed E-state index contributed by atoms with van der Waals surface area (Å²) in [6.07, 6.45) is 3.79. The van der Waals surface area contributed by atoms with E-state index in [0.29, 0.717) is 23.9 Å². The second-order valence-corrected chi connectivity index (χ2v) is 12.6. The number of carbonyl (C=O) groups excluding carboxylic acids is 2. The van der Waals surface area contributed by atoms with Crippen LogP contribution in [0.25, 0.3) is 11.0 Å². The average molecular weight is 629 g/mol. The third-order valence-corrected chi connectivity index (χ3v) is 9.91. The van der Waals surface area contributed by atoms with E-state index in [1.807, 2.05) is 18.2 Å². The van der Waals surface area contributed by atoms with E-state index in [-0.39, 0.29) is 24.1 Å². The highest BCUT2D eigenvalue weighted by Crippen LogP contribution is 2.37. The Kier molecular flexibility index (Phi) is 8.46. The third-order valence-electron chi connectivity index (χ3n) is 9.91. The molecule has 1 saturated carbocycles. The molecule has 1 unspecified atom stereocenters. The molecule has 0 bridgehead atoms. The van der Waals surface area contributed by atoms with Crippen LogP contribution < -0.4 is 15.9 Å². The predicted molar refractivity (Wildman–Crippen MR) is 161 cm³/mol. The summed E-state index contributed by atoms with van der Waals surface area (Å²) in [6.45, 7) is 2.53. The number of rotatable bonds is 8. The molecule has 1 aliphatic carbocycles. The van der Waals surface area contributed by atoms with Crippen molar-refractivity contribution in [3.63, 3.8) is 0 Å². The number of benzene rings is 1. The maximum atomic E-state index is 13.3. The summed E-state index contributed by atoms with van der Waals surface area (Å²) in [5, 5.41) is 17.4. The van der Waals surface area contributed by atoms with Gasteiger partial charge in [-0.3, -0.25) is 38.8 Å². The minimum absolute atomic E-state index is 0.121. The van der Waals surface area contributed by atoms with Crippen LogP contribution in [0.4, 0.5) is 20.2 Å². The Labute approximate surface area is 257 Å². The summed E-state index contributed by atoms with van der Waals surface area (Å²) < 4.78 is 31.0. The number of carbonyl (C=O) groups is 2. The SMILES string of the molecule is CN(CC1CCC(n2cc([N+](=O)[O-])c(C(F)F)n2)CC1)C1CCN(c2cccc3c2n(C)c(=O)n3C2CCC(=O)NC2=O)CC1. The van der Waals surface area contributed by atoms with Gasteiger partial charge in [-0.05, 0) is 70.0 Å². The van der Waals surface area contributed by atoms with E-state index in [0.717, 1.165) is 75.6 Å². The number of amides is 2. The first-order valence-corrected chi connectivity index (χ1v) is 15.5. The quantitative estimate of drug-likeness (QED) is 0.226. The van der Waals surface area contributed by atoms with Crippen molar-refractivity contribution in [2.75, 3.05) is 31.6 Å². The van der Waals surface area contributed by atoms with E-state index >= 15 is 0 Å². The molecule has 3 fully saturated rings. The summed E-state index contributed by atoms with van der Waals surface area (Å²) in [7, 11) is 3.86. The van der Waals surface area contributed by atoms with Crippen molar-refractivity contribution in [2.45, 2.75) is 75.9 Å². The Balaban J connectivity index is 1.07. The van der Waals surface area contributed by atoms with Gasteiger partial charge < -0.3 is 9.80 Å². The molecule has 2 saturated heterocycles. The number of nitrogens with one attached hydrogen (secondary N) is 1. The minimum atomic E-state index is -2.98. The van der Waals surface area contributed by atoms with Crippen molar-refractivity contribution in [1.29, 1.82) is 0 Å². The van der Waals surface area contributed by atoms with Gasteiger partial charge >= 0.3 is 11.4 Å². The first-order valence-electron chi connectivity index (χ1n) is 15.5. The summed E-state index contributed by atoms with van der Waals surface area (Å²) in [5.74, 6) is -0.325. The molecule has 1 atom stereocenters. The van der Waals surface area contributed by atoms with E-state index in [1.165, 1.54) is 9.25 Å². The molecule has 1 aromatic carbocycles. The van der Waals surface area contributed by atoms with Crippen LogP contribution in [0.15, 0.2) is 29.2 Å². The van der Waals surface area contributed by atoms with Crippen molar-refractivity contribution in [2.24, 2.45) is 13.0 Å². The molecular weight excluding hydrogens is 590 g/mol. The number of alkyl halides is 2. The number of fused-ring (bicyclic) bond motifs is 1. The number of aromatic nitrogens is 4. The average Bonchev–Trinajstić information content (AvgIpc) is 3.58. The van der Waals surface area contributed by atoms with E-state index in [1.54, 1.807) is 11.6 Å². The minimum Gasteiger partial charge on any atom is -0.370 e. The molecule has 2 aliphatic heterocycles. The molecule has 1 N–H and O–H groups in total. The first kappa shape index (κ1) is 30.9. The molecule has 13 nitrogen and oxygen atoms in total. The van der Waals surface area contributed by atoms with Gasteiger partial charge in [0.15, 0.2) is 0 Å². The maximum Gasteiger partial charge on any atom is 0.329 e. The molecule has 2 aromatic heterocycles. The number of nitrogens with zero attached hydrogens (tertiary/aromatic N) is 7. The number of aryl methyl sites for hydroxylation is 1. The van der Waals surface area contributed by atoms with Crippen molar-refractivity contribution in [1.82, 2.24) is 29.1 Å². The third kappa shape index (κ3) is 5.85. The molecule has 2 amide bonds. The number of piperidine rings is 2. The lowest BCUT2D eigenvalue weighted by Crippen LogP contribution is -2.45. The Morgan fingerprint density at radius 2 is 1.80 bits per heavy atom. The second-order valence-electron chi connectivity index (χ2n) is 12.6. The van der Waals surface area contributed by atoms with Crippen LogP contribution in [0.5, 0.6) is 0 Å². The Hall–Kier alpha value is -4.14. The highest BCUT2D eigenvalue weighted by Gasteiger charge is 2.34. The van der Waals surface area contributed by atoms with Gasteiger partial charge in [-0.2, -0.15) is 5.10 Å². The maximum absolute atomic E-state index is 13.3. The smallest absolute Gasteiger partial charge is 0.329 e. The number of imidazole rings is 1. The standard InChI is InChI=1S/C30H38F2N8O5/c1-35(16-18-6-8-20(9-7-18)38-17-24(40(44)45)26(34-38)28(31)32)19-12-14-37(15-13-19)21-4-3-5-22-27(21)36(2)30(43)39(22)23-10-11-25(41)33-29(23)42/h3-5,17-20,23,28H,6-16H2,1-2H3,(H,33,41,42). The van der Waals surface area contributed by atoms with Crippen LogP contribution in [0.1, 0.15) is 75.6 Å². The van der Waals surface area contributed by atoms with Gasteiger partial charge in [0, 0.05) is 39.1 Å². The van der Waals surface area contributed by atoms with Gasteiger partial charge in [0.2, 0.25) is 17.5 Å². The van der Waals surface area contributed by atoms with Crippen LogP contribution in [0.2, 0.25) is 0 Å². The van der Waals surface area contributed by atoms with Crippen LogP contribution in [0.3, 0.4) is 0 Å². The number of halogens is 2. The number of anilines is 1. The van der Waals surface area contributed by atoms with Gasteiger partial charge in [-0.25, -0.2) is 13.6 Å². The van der Waals surface area contributed by atoms with Crippen LogP contribution in [0, 0.1) is 16.0 Å². The zero-order chi connectivity index (χ0) is 32.0. The molecule has 4 heterocycles. The summed E-state index contributed by atoms with van der Waals surface area (Å²) >= 11 is 0. The Bertz CT molecular complexity index is 1670. The van der Waals surface area contributed by atoms with Crippen LogP contribution in [-0.2, 0) is 16.6 Å². The number of imide groups is 1. The van der Waals surface area contributed by atoms with Crippen LogP contribution >= 0.6 is 0 Å². The topological polar surface area (TPSA) is 141 Å². The summed E-state index contributed by atoms with van der Waals surface area (Å²) in [6, 6.07) is 5.31. The number of nitro groups is 1. The molecule has 242 valence electrons. The summed E-state index contributed by atoms with van der Waals surface area (Å²) in [4.78, 5) is 52.7. The van der Waals surface area contributed by atoms with Gasteiger partial charge in [0.25, 0.3) is 6.43 Å². The fourth-order valence-corrected chi connectivity index (χ4v) is 7.48. The number of hydrogen-bond donors (Lipinski definition) is 1. The molecule has 3 aromatic rings. The lowest BCUT2D eigenvalue weighted by atomic mass is 9.85. The molecular formula is C30H38F2N8O5. The molecule has 3 aliphatic rings. The Morgan fingerprint density at radius 3 is 2.42 bits per heavy atom. The largest absolute Gasteiger partial charge is 0.370 e. The van der Waals surface area contributed by atoms with Crippen molar-refractivity contribution in [3.8, 4) is 0 Å². The first-order chi connectivity index (χ1) is 21.5. The van der Waals surface area contributed by atoms with E-state index < -0.39 is 34.7 Å². The second kappa shape index (κ2) is 12.3. The highest BCUT2D eigenvalue weighted by molar-refractivity contribution is 6.00. The van der Waals surface area contributed by atoms with Gasteiger partial charge in [-0.15, -0.1) is 0 Å². The monoisotopic (exact) mass is 628 g/mol. The van der Waals surface area contributed by atoms with E-state index in [2.05, 4.69) is 27.3 Å². The zero-order valence-corrected chi connectivity index (χ0v) is 25.4. The molecule has 45 heavy (non-hydrogen) atoms. The molecule has 0 spiro atoms. The zero-order valence-electron chi connectivity index (χ0n) is 25.4. The highest BCUT2D eigenvalue weighted by atomic mass is 19.3. The number of hydrogen-bond acceptors (Lipinski definition) is 8. The Morgan fingerprint density at radius 1 is 1.09 bits per heavy atom. The fraction of sp³-hybridized carbons (Fsp3) is 0.600. The van der Waals surface area contributed by atoms with Crippen LogP contribution in [-0.4, -0.2) is 73.3 Å². The molecule has 0 radical (unpaired) electrons. The normalized spacial score (nSPS) is 23.3. The van der Waals surface area contributed by atoms with Crippen molar-refractivity contribution >= 4 is 34.2 Å². The van der Waals surface area contributed by atoms with Gasteiger partial charge in [0.05, 0.1) is 27.7 Å². The van der Waals surface area contributed by atoms with Gasteiger partial charge in [-0.1, -0.05) is 6.07 Å². The fourth-order valence-electron chi connectivity index (χ4n) is 7.48. The van der Waals surface area contributed by atoms with Crippen molar-refractivity contribution in [3.05, 3.63) is 50.7 Å². The molecule has 6 rings (SSSR count). The summed E-state index contributed by atoms with van der Waals surface area (Å²) in [5.41, 5.74) is 0.739. The predicted octanol–water partition coefficient (Wildman–Crippen LogP) is 3.69. The van der Waals surface area contributed by atoms with E-state index in [4.69, 9.17) is 0 Å². The lowest BCUT2D eigenvalue weighted by Gasteiger charge is -2.40. The number of para-hydroxylation sites is 1. The van der Waals surface area contributed by atoms with E-state index in [9.17, 15) is 33.3 Å². The lowest BCUT2D eigenvalue weighted by molar-refractivity contribution is -0.386. The van der Waals surface area contributed by atoms with Gasteiger partial charge in [0.1, 0.15) is 12.2 Å². The van der Waals surface area contributed by atoms with Crippen molar-refractivity contribution < 1.29 is 23.3 Å². The molecule has 15 heteroatoms.